The average molecular weight is 190 g/mol. The fraction of sp³-hybridized carbons (Fsp3) is 0.364. The molecule has 3 nitrogen and oxygen atoms in total. The molecule has 1 aromatic carbocycles. The van der Waals surface area contributed by atoms with Crippen molar-refractivity contribution >= 4 is 11.6 Å². The lowest BCUT2D eigenvalue weighted by atomic mass is 10.1. The van der Waals surface area contributed by atoms with Gasteiger partial charge in [0.15, 0.2) is 0 Å². The highest BCUT2D eigenvalue weighted by Gasteiger charge is 2.21. The molecule has 1 amide bonds. The fourth-order valence-electron chi connectivity index (χ4n) is 1.71. The van der Waals surface area contributed by atoms with Crippen molar-refractivity contribution in [3.05, 3.63) is 29.8 Å². The van der Waals surface area contributed by atoms with Crippen LogP contribution in [0.1, 0.15) is 10.4 Å². The normalized spacial score (nSPS) is 16.6. The van der Waals surface area contributed by atoms with E-state index in [1.165, 1.54) is 0 Å². The van der Waals surface area contributed by atoms with Gasteiger partial charge in [-0.25, -0.2) is 0 Å². The number of anilines is 1. The first-order valence-electron chi connectivity index (χ1n) is 4.76. The monoisotopic (exact) mass is 190 g/mol. The molecule has 1 aliphatic heterocycles. The van der Waals surface area contributed by atoms with Gasteiger partial charge in [0.25, 0.3) is 5.91 Å². The molecule has 0 saturated carbocycles. The molecule has 2 rings (SSSR count). The summed E-state index contributed by atoms with van der Waals surface area (Å²) in [7, 11) is 3.86. The molecule has 0 unspecified atom stereocenters. The van der Waals surface area contributed by atoms with Crippen molar-refractivity contribution < 1.29 is 4.79 Å². The van der Waals surface area contributed by atoms with E-state index in [-0.39, 0.29) is 5.91 Å². The van der Waals surface area contributed by atoms with Crippen LogP contribution in [0, 0.1) is 0 Å². The maximum absolute atomic E-state index is 11.9. The summed E-state index contributed by atoms with van der Waals surface area (Å²) in [6.07, 6.45) is 0. The van der Waals surface area contributed by atoms with Crippen LogP contribution in [0.5, 0.6) is 0 Å². The molecule has 0 N–H and O–H groups in total. The zero-order valence-electron chi connectivity index (χ0n) is 8.53. The predicted molar refractivity (Wildman–Crippen MR) is 56.7 cm³/mol. The molecule has 0 saturated heterocycles. The maximum atomic E-state index is 11.9. The molecule has 0 aromatic heterocycles. The molecule has 1 heterocycles. The van der Waals surface area contributed by atoms with Gasteiger partial charge in [-0.2, -0.15) is 0 Å². The Bertz CT molecular complexity index is 362. The molecule has 0 fully saturated rings. The Morgan fingerprint density at radius 3 is 2.50 bits per heavy atom. The number of hydrogen-bond acceptors (Lipinski definition) is 2. The number of fused-ring (bicyclic) bond motifs is 1. The van der Waals surface area contributed by atoms with Gasteiger partial charge >= 0.3 is 0 Å². The van der Waals surface area contributed by atoms with Crippen LogP contribution < -0.4 is 4.90 Å². The summed E-state index contributed by atoms with van der Waals surface area (Å²) in [5, 5.41) is 0. The van der Waals surface area contributed by atoms with E-state index < -0.39 is 0 Å². The van der Waals surface area contributed by atoms with Crippen LogP contribution in [0.4, 0.5) is 5.69 Å². The Kier molecular flexibility index (Phi) is 2.15. The lowest BCUT2D eigenvalue weighted by Gasteiger charge is -2.17. The SMILES string of the molecule is CN1CCN(C)c2ccccc2C1=O. The van der Waals surface area contributed by atoms with Crippen LogP contribution in [-0.2, 0) is 0 Å². The first-order valence-corrected chi connectivity index (χ1v) is 4.76. The molecule has 0 spiro atoms. The Balaban J connectivity index is 2.51. The first kappa shape index (κ1) is 9.06. The number of likely N-dealkylation sites (N-methyl/N-ethyl adjacent to an activating group) is 2. The number of benzene rings is 1. The molecule has 0 atom stereocenters. The van der Waals surface area contributed by atoms with E-state index in [0.717, 1.165) is 24.3 Å². The third-order valence-corrected chi connectivity index (χ3v) is 2.66. The third-order valence-electron chi connectivity index (χ3n) is 2.66. The van der Waals surface area contributed by atoms with E-state index in [4.69, 9.17) is 0 Å². The number of rotatable bonds is 0. The number of carbonyl (C=O) groups excluding carboxylic acids is 1. The Labute approximate surface area is 83.9 Å². The highest BCUT2D eigenvalue weighted by molar-refractivity contribution is 6.00. The number of carbonyl (C=O) groups is 1. The minimum absolute atomic E-state index is 0.116. The van der Waals surface area contributed by atoms with Gasteiger partial charge in [0.2, 0.25) is 0 Å². The van der Waals surface area contributed by atoms with Crippen molar-refractivity contribution in [3.63, 3.8) is 0 Å². The zero-order valence-corrected chi connectivity index (χ0v) is 8.53. The lowest BCUT2D eigenvalue weighted by molar-refractivity contribution is 0.0805. The molecule has 74 valence electrons. The molecule has 1 aliphatic rings. The molecule has 1 aromatic rings. The molecule has 0 aliphatic carbocycles. The van der Waals surface area contributed by atoms with Crippen LogP contribution in [0.25, 0.3) is 0 Å². The molecule has 3 heteroatoms. The van der Waals surface area contributed by atoms with E-state index in [1.54, 1.807) is 4.90 Å². The first-order chi connectivity index (χ1) is 6.70. The Morgan fingerprint density at radius 1 is 1.07 bits per heavy atom. The van der Waals surface area contributed by atoms with Crippen molar-refractivity contribution in [2.24, 2.45) is 0 Å². The summed E-state index contributed by atoms with van der Waals surface area (Å²) < 4.78 is 0. The van der Waals surface area contributed by atoms with Gasteiger partial charge in [-0.05, 0) is 12.1 Å². The highest BCUT2D eigenvalue weighted by atomic mass is 16.2. The standard InChI is InChI=1S/C11H14N2O/c1-12-7-8-13(2)11(14)9-5-3-4-6-10(9)12/h3-6H,7-8H2,1-2H3. The van der Waals surface area contributed by atoms with Gasteiger partial charge < -0.3 is 9.80 Å². The second kappa shape index (κ2) is 3.33. The smallest absolute Gasteiger partial charge is 0.255 e. The van der Waals surface area contributed by atoms with Crippen LogP contribution in [-0.4, -0.2) is 38.0 Å². The zero-order chi connectivity index (χ0) is 10.1. The van der Waals surface area contributed by atoms with Crippen molar-refractivity contribution in [1.82, 2.24) is 4.90 Å². The average Bonchev–Trinajstić information content (AvgIpc) is 2.33. The second-order valence-electron chi connectivity index (χ2n) is 3.67. The largest absolute Gasteiger partial charge is 0.372 e. The second-order valence-corrected chi connectivity index (χ2v) is 3.67. The van der Waals surface area contributed by atoms with Crippen LogP contribution >= 0.6 is 0 Å². The molecular weight excluding hydrogens is 176 g/mol. The van der Waals surface area contributed by atoms with Gasteiger partial charge in [0.1, 0.15) is 0 Å². The van der Waals surface area contributed by atoms with Crippen LogP contribution in [0.3, 0.4) is 0 Å². The summed E-state index contributed by atoms with van der Waals surface area (Å²) in [5.74, 6) is 0.116. The fourth-order valence-corrected chi connectivity index (χ4v) is 1.71. The van der Waals surface area contributed by atoms with E-state index in [9.17, 15) is 4.79 Å². The van der Waals surface area contributed by atoms with Crippen LogP contribution in [0.2, 0.25) is 0 Å². The summed E-state index contributed by atoms with van der Waals surface area (Å²) >= 11 is 0. The molecule has 0 radical (unpaired) electrons. The number of hydrogen-bond donors (Lipinski definition) is 0. The predicted octanol–water partition coefficient (Wildman–Crippen LogP) is 1.21. The van der Waals surface area contributed by atoms with Gasteiger partial charge in [-0.15, -0.1) is 0 Å². The van der Waals surface area contributed by atoms with Gasteiger partial charge in [-0.3, -0.25) is 4.79 Å². The van der Waals surface area contributed by atoms with Crippen molar-refractivity contribution in [2.75, 3.05) is 32.1 Å². The van der Waals surface area contributed by atoms with E-state index in [0.29, 0.717) is 0 Å². The lowest BCUT2D eigenvalue weighted by Crippen LogP contribution is -2.29. The van der Waals surface area contributed by atoms with E-state index in [1.807, 2.05) is 38.4 Å². The molecule has 0 bridgehead atoms. The molecular formula is C11H14N2O. The third kappa shape index (κ3) is 1.35. The topological polar surface area (TPSA) is 23.6 Å². The number of para-hydroxylation sites is 1. The highest BCUT2D eigenvalue weighted by Crippen LogP contribution is 2.22. The van der Waals surface area contributed by atoms with Gasteiger partial charge in [0.05, 0.1) is 5.56 Å². The summed E-state index contributed by atoms with van der Waals surface area (Å²) in [5.41, 5.74) is 1.83. The van der Waals surface area contributed by atoms with Crippen molar-refractivity contribution in [3.8, 4) is 0 Å². The number of amides is 1. The van der Waals surface area contributed by atoms with Crippen LogP contribution in [0.15, 0.2) is 24.3 Å². The van der Waals surface area contributed by atoms with Gasteiger partial charge in [0, 0.05) is 32.9 Å². The summed E-state index contributed by atoms with van der Waals surface area (Å²) in [6, 6.07) is 7.75. The van der Waals surface area contributed by atoms with E-state index in [2.05, 4.69) is 4.90 Å². The Morgan fingerprint density at radius 2 is 1.71 bits per heavy atom. The van der Waals surface area contributed by atoms with E-state index >= 15 is 0 Å². The summed E-state index contributed by atoms with van der Waals surface area (Å²) in [4.78, 5) is 15.8. The van der Waals surface area contributed by atoms with Gasteiger partial charge in [-0.1, -0.05) is 12.1 Å². The Hall–Kier alpha value is -1.51. The van der Waals surface area contributed by atoms with Crippen molar-refractivity contribution in [1.29, 1.82) is 0 Å². The number of nitrogens with zero attached hydrogens (tertiary/aromatic N) is 2. The molecule has 14 heavy (non-hydrogen) atoms. The summed E-state index contributed by atoms with van der Waals surface area (Å²) in [6.45, 7) is 1.67. The minimum atomic E-state index is 0.116. The maximum Gasteiger partial charge on any atom is 0.255 e. The minimum Gasteiger partial charge on any atom is -0.372 e. The quantitative estimate of drug-likeness (QED) is 0.614. The van der Waals surface area contributed by atoms with Crippen molar-refractivity contribution in [2.45, 2.75) is 0 Å².